The highest BCUT2D eigenvalue weighted by atomic mass is 35.5. The van der Waals surface area contributed by atoms with Gasteiger partial charge in [0.15, 0.2) is 0 Å². The van der Waals surface area contributed by atoms with Crippen LogP contribution in [0.1, 0.15) is 25.3 Å². The second-order valence-corrected chi connectivity index (χ2v) is 5.15. The van der Waals surface area contributed by atoms with Crippen molar-refractivity contribution in [2.75, 3.05) is 13.1 Å². The van der Waals surface area contributed by atoms with Gasteiger partial charge in [-0.3, -0.25) is 0 Å². The average molecular weight is 240 g/mol. The summed E-state index contributed by atoms with van der Waals surface area (Å²) in [5.41, 5.74) is 1.07. The van der Waals surface area contributed by atoms with Crippen LogP contribution < -0.4 is 10.1 Å². The molecule has 2 nitrogen and oxygen atoms in total. The topological polar surface area (TPSA) is 21.3 Å². The van der Waals surface area contributed by atoms with E-state index in [0.29, 0.717) is 0 Å². The highest BCUT2D eigenvalue weighted by Gasteiger charge is 2.28. The van der Waals surface area contributed by atoms with E-state index in [1.54, 1.807) is 0 Å². The lowest BCUT2D eigenvalue weighted by Gasteiger charge is -2.35. The third-order valence-corrected chi connectivity index (χ3v) is 3.39. The van der Waals surface area contributed by atoms with Crippen molar-refractivity contribution in [1.82, 2.24) is 5.32 Å². The second-order valence-electron chi connectivity index (χ2n) is 4.71. The molecule has 0 unspecified atom stereocenters. The first kappa shape index (κ1) is 11.7. The van der Waals surface area contributed by atoms with Crippen molar-refractivity contribution < 1.29 is 4.74 Å². The zero-order valence-corrected chi connectivity index (χ0v) is 10.6. The minimum Gasteiger partial charge on any atom is -0.487 e. The molecule has 88 valence electrons. The minimum atomic E-state index is -0.0379. The molecule has 1 aliphatic rings. The number of nitrogens with one attached hydrogen (secondary N) is 1. The number of hydrogen-bond acceptors (Lipinski definition) is 2. The molecule has 0 aromatic heterocycles. The molecule has 1 saturated heterocycles. The molecule has 0 atom stereocenters. The minimum absolute atomic E-state index is 0.0379. The monoisotopic (exact) mass is 239 g/mol. The number of ether oxygens (including phenoxy) is 1. The van der Waals surface area contributed by atoms with Gasteiger partial charge < -0.3 is 10.1 Å². The quantitative estimate of drug-likeness (QED) is 0.856. The second kappa shape index (κ2) is 4.64. The molecule has 0 amide bonds. The van der Waals surface area contributed by atoms with Crippen molar-refractivity contribution in [3.63, 3.8) is 0 Å². The Morgan fingerprint density at radius 3 is 2.62 bits per heavy atom. The molecule has 1 aromatic carbocycles. The molecular weight excluding hydrogens is 222 g/mol. The molecule has 0 spiro atoms. The summed E-state index contributed by atoms with van der Waals surface area (Å²) in [6.07, 6.45) is 2.10. The summed E-state index contributed by atoms with van der Waals surface area (Å²) in [7, 11) is 0. The third-order valence-electron chi connectivity index (χ3n) is 3.15. The summed E-state index contributed by atoms with van der Waals surface area (Å²) >= 11 is 5.93. The van der Waals surface area contributed by atoms with Crippen LogP contribution in [0.4, 0.5) is 0 Å². The summed E-state index contributed by atoms with van der Waals surface area (Å²) < 4.78 is 6.13. The van der Waals surface area contributed by atoms with Gasteiger partial charge in [0.05, 0.1) is 0 Å². The maximum Gasteiger partial charge on any atom is 0.123 e. The molecule has 0 bridgehead atoms. The maximum absolute atomic E-state index is 6.13. The first-order chi connectivity index (χ1) is 7.59. The van der Waals surface area contributed by atoms with Crippen LogP contribution >= 0.6 is 11.6 Å². The predicted molar refractivity (Wildman–Crippen MR) is 67.3 cm³/mol. The van der Waals surface area contributed by atoms with E-state index in [1.165, 1.54) is 0 Å². The molecule has 3 heteroatoms. The molecule has 2 rings (SSSR count). The predicted octanol–water partition coefficient (Wildman–Crippen LogP) is 3.17. The lowest BCUT2D eigenvalue weighted by Crippen LogP contribution is -2.43. The number of halogens is 1. The molecule has 0 aliphatic carbocycles. The molecule has 16 heavy (non-hydrogen) atoms. The zero-order chi connectivity index (χ0) is 11.6. The number of benzene rings is 1. The van der Waals surface area contributed by atoms with Crippen molar-refractivity contribution >= 4 is 11.6 Å². The highest BCUT2D eigenvalue weighted by molar-refractivity contribution is 6.30. The molecule has 1 heterocycles. The third kappa shape index (κ3) is 2.69. The van der Waals surface area contributed by atoms with Crippen molar-refractivity contribution in [2.45, 2.75) is 32.3 Å². The number of rotatable bonds is 2. The van der Waals surface area contributed by atoms with Gasteiger partial charge in [-0.15, -0.1) is 0 Å². The SMILES string of the molecule is Cc1cc(Cl)ccc1OC1(C)CCNCC1. The average Bonchev–Trinajstić information content (AvgIpc) is 2.23. The lowest BCUT2D eigenvalue weighted by atomic mass is 9.94. The van der Waals surface area contributed by atoms with E-state index in [2.05, 4.69) is 12.2 Å². The van der Waals surface area contributed by atoms with Gasteiger partial charge in [-0.1, -0.05) is 11.6 Å². The standard InChI is InChI=1S/C13H18ClNO/c1-10-9-11(14)3-4-12(10)16-13(2)5-7-15-8-6-13/h3-4,9,15H,5-8H2,1-2H3. The Morgan fingerprint density at radius 1 is 1.31 bits per heavy atom. The smallest absolute Gasteiger partial charge is 0.123 e. The Hall–Kier alpha value is -0.730. The van der Waals surface area contributed by atoms with Crippen LogP contribution in [-0.4, -0.2) is 18.7 Å². The Balaban J connectivity index is 2.13. The maximum atomic E-state index is 6.13. The van der Waals surface area contributed by atoms with E-state index in [0.717, 1.165) is 42.3 Å². The van der Waals surface area contributed by atoms with Crippen molar-refractivity contribution in [3.8, 4) is 5.75 Å². The first-order valence-electron chi connectivity index (χ1n) is 5.75. The van der Waals surface area contributed by atoms with Gasteiger partial charge in [0, 0.05) is 5.02 Å². The van der Waals surface area contributed by atoms with Crippen LogP contribution in [0.15, 0.2) is 18.2 Å². The van der Waals surface area contributed by atoms with Crippen LogP contribution in [0.5, 0.6) is 5.75 Å². The van der Waals surface area contributed by atoms with Gasteiger partial charge in [-0.2, -0.15) is 0 Å². The van der Waals surface area contributed by atoms with Gasteiger partial charge in [0.25, 0.3) is 0 Å². The largest absolute Gasteiger partial charge is 0.487 e. The molecule has 1 fully saturated rings. The van der Waals surface area contributed by atoms with Gasteiger partial charge >= 0.3 is 0 Å². The van der Waals surface area contributed by atoms with Crippen LogP contribution in [0.3, 0.4) is 0 Å². The molecule has 1 aromatic rings. The molecule has 1 N–H and O–H groups in total. The molecule has 1 aliphatic heterocycles. The molecule has 0 radical (unpaired) electrons. The molecular formula is C13H18ClNO. The van der Waals surface area contributed by atoms with Gasteiger partial charge in [-0.25, -0.2) is 0 Å². The Morgan fingerprint density at radius 2 is 2.00 bits per heavy atom. The Kier molecular flexibility index (Phi) is 3.41. The van der Waals surface area contributed by atoms with Gasteiger partial charge in [0.1, 0.15) is 11.4 Å². The summed E-state index contributed by atoms with van der Waals surface area (Å²) in [4.78, 5) is 0. The lowest BCUT2D eigenvalue weighted by molar-refractivity contribution is 0.0549. The number of hydrogen-bond donors (Lipinski definition) is 1. The fourth-order valence-electron chi connectivity index (χ4n) is 2.05. The van der Waals surface area contributed by atoms with Crippen LogP contribution in [-0.2, 0) is 0 Å². The summed E-state index contributed by atoms with van der Waals surface area (Å²) in [5, 5.41) is 4.11. The van der Waals surface area contributed by atoms with Crippen molar-refractivity contribution in [1.29, 1.82) is 0 Å². The fourth-order valence-corrected chi connectivity index (χ4v) is 2.28. The van der Waals surface area contributed by atoms with Crippen LogP contribution in [0.25, 0.3) is 0 Å². The summed E-state index contributed by atoms with van der Waals surface area (Å²) in [6, 6.07) is 5.79. The van der Waals surface area contributed by atoms with E-state index in [4.69, 9.17) is 16.3 Å². The van der Waals surface area contributed by atoms with Gasteiger partial charge in [-0.05, 0) is 63.5 Å². The van der Waals surface area contributed by atoms with E-state index >= 15 is 0 Å². The summed E-state index contributed by atoms with van der Waals surface area (Å²) in [6.45, 7) is 6.28. The van der Waals surface area contributed by atoms with E-state index in [9.17, 15) is 0 Å². The van der Waals surface area contributed by atoms with Crippen LogP contribution in [0.2, 0.25) is 5.02 Å². The first-order valence-corrected chi connectivity index (χ1v) is 6.13. The Labute approximate surface area is 102 Å². The van der Waals surface area contributed by atoms with E-state index in [-0.39, 0.29) is 5.60 Å². The Bertz CT molecular complexity index is 372. The normalized spacial score (nSPS) is 19.4. The van der Waals surface area contributed by atoms with Crippen LogP contribution in [0, 0.1) is 6.92 Å². The fraction of sp³-hybridized carbons (Fsp3) is 0.538. The van der Waals surface area contributed by atoms with E-state index < -0.39 is 0 Å². The van der Waals surface area contributed by atoms with Gasteiger partial charge in [0.2, 0.25) is 0 Å². The van der Waals surface area contributed by atoms with Crippen molar-refractivity contribution in [2.24, 2.45) is 0 Å². The zero-order valence-electron chi connectivity index (χ0n) is 9.85. The van der Waals surface area contributed by atoms with Crippen molar-refractivity contribution in [3.05, 3.63) is 28.8 Å². The van der Waals surface area contributed by atoms with E-state index in [1.807, 2.05) is 25.1 Å². The highest BCUT2D eigenvalue weighted by Crippen LogP contribution is 2.29. The number of aryl methyl sites for hydroxylation is 1. The summed E-state index contributed by atoms with van der Waals surface area (Å²) in [5.74, 6) is 0.953. The number of piperidine rings is 1. The molecule has 0 saturated carbocycles.